The van der Waals surface area contributed by atoms with Gasteiger partial charge in [-0.25, -0.2) is 4.79 Å². The standard InChI is InChI=1S/C18H22N4O12/c1-6(23)30-5-10-12(31-7(2)24)13(32-8(3)25)14(33-9(4)26)17(34-10)19-15-11(22-29)16(27)21-18(28)20-15/h10,12-14,17H,5H2,1-4H3,(H3,19,20,21,27,28)/t10-,12+,13-,14-,17+/m0/s1. The number of aromatic amines is 2. The van der Waals surface area contributed by atoms with Crippen LogP contribution in [0.5, 0.6) is 0 Å². The maximum Gasteiger partial charge on any atom is 0.327 e. The van der Waals surface area contributed by atoms with Crippen LogP contribution in [0.4, 0.5) is 11.5 Å². The van der Waals surface area contributed by atoms with Gasteiger partial charge in [0, 0.05) is 27.7 Å². The summed E-state index contributed by atoms with van der Waals surface area (Å²) in [7, 11) is 0. The second-order valence-electron chi connectivity index (χ2n) is 6.99. The number of carbonyl (C=O) groups is 4. The van der Waals surface area contributed by atoms with Gasteiger partial charge < -0.3 is 29.0 Å². The van der Waals surface area contributed by atoms with E-state index in [1.54, 1.807) is 4.98 Å². The summed E-state index contributed by atoms with van der Waals surface area (Å²) >= 11 is 0. The number of hydrogen-bond acceptors (Lipinski definition) is 14. The lowest BCUT2D eigenvalue weighted by molar-refractivity contribution is -0.247. The highest BCUT2D eigenvalue weighted by Gasteiger charge is 2.52. The SMILES string of the molecule is CC(=O)OC[C@@H]1O[C@@H](Nc2[nH]c(=O)[nH]c(=O)c2N=O)[C@@H](OC(C)=O)[C@@H](OC(C)=O)[C@@H]1OC(C)=O. The fourth-order valence-electron chi connectivity index (χ4n) is 3.16. The summed E-state index contributed by atoms with van der Waals surface area (Å²) in [6.07, 6.45) is -7.27. The summed E-state index contributed by atoms with van der Waals surface area (Å²) < 4.78 is 26.4. The second kappa shape index (κ2) is 11.2. The molecule has 0 amide bonds. The lowest BCUT2D eigenvalue weighted by Gasteiger charge is -2.44. The average Bonchev–Trinajstić information content (AvgIpc) is 2.69. The number of nitroso groups, excluding NO2 is 1. The van der Waals surface area contributed by atoms with Gasteiger partial charge in [0.2, 0.25) is 5.69 Å². The van der Waals surface area contributed by atoms with Crippen molar-refractivity contribution < 1.29 is 42.9 Å². The summed E-state index contributed by atoms with van der Waals surface area (Å²) in [5, 5.41) is 5.04. The Balaban J connectivity index is 2.58. The molecule has 2 heterocycles. The smallest absolute Gasteiger partial charge is 0.327 e. The van der Waals surface area contributed by atoms with Crippen molar-refractivity contribution in [3.05, 3.63) is 25.7 Å². The minimum absolute atomic E-state index is 0.499. The third kappa shape index (κ3) is 6.71. The first kappa shape index (κ1) is 26.2. The van der Waals surface area contributed by atoms with E-state index >= 15 is 0 Å². The van der Waals surface area contributed by atoms with Gasteiger partial charge in [-0.15, -0.1) is 4.91 Å². The average molecular weight is 486 g/mol. The Morgan fingerprint density at radius 2 is 1.44 bits per heavy atom. The molecule has 0 spiro atoms. The quantitative estimate of drug-likeness (QED) is 0.227. The Morgan fingerprint density at radius 3 is 1.97 bits per heavy atom. The number of H-pyrrole nitrogens is 2. The van der Waals surface area contributed by atoms with Crippen LogP contribution in [-0.2, 0) is 42.9 Å². The molecule has 0 unspecified atom stereocenters. The van der Waals surface area contributed by atoms with E-state index in [2.05, 4.69) is 15.5 Å². The molecule has 34 heavy (non-hydrogen) atoms. The third-order valence-corrected chi connectivity index (χ3v) is 4.29. The van der Waals surface area contributed by atoms with Gasteiger partial charge in [-0.05, 0) is 5.18 Å². The van der Waals surface area contributed by atoms with Crippen molar-refractivity contribution >= 4 is 35.4 Å². The molecule has 0 aliphatic carbocycles. The number of anilines is 1. The maximum atomic E-state index is 11.9. The zero-order chi connectivity index (χ0) is 25.6. The van der Waals surface area contributed by atoms with Crippen molar-refractivity contribution in [2.24, 2.45) is 5.18 Å². The molecule has 1 aliphatic rings. The van der Waals surface area contributed by atoms with E-state index in [1.807, 2.05) is 0 Å². The van der Waals surface area contributed by atoms with Crippen LogP contribution in [0, 0.1) is 4.91 Å². The monoisotopic (exact) mass is 486 g/mol. The van der Waals surface area contributed by atoms with Crippen LogP contribution in [0.2, 0.25) is 0 Å². The fraction of sp³-hybridized carbons (Fsp3) is 0.556. The number of carbonyl (C=O) groups excluding carboxylic acids is 4. The Bertz CT molecular complexity index is 1080. The van der Waals surface area contributed by atoms with Gasteiger partial charge in [-0.1, -0.05) is 0 Å². The molecule has 1 saturated heterocycles. The van der Waals surface area contributed by atoms with Crippen molar-refractivity contribution in [2.45, 2.75) is 58.3 Å². The third-order valence-electron chi connectivity index (χ3n) is 4.29. The molecule has 1 aliphatic heterocycles. The first-order valence-corrected chi connectivity index (χ1v) is 9.69. The Morgan fingerprint density at radius 1 is 0.882 bits per heavy atom. The molecule has 0 saturated carbocycles. The number of nitrogens with one attached hydrogen (secondary N) is 3. The van der Waals surface area contributed by atoms with Crippen LogP contribution in [0.3, 0.4) is 0 Å². The van der Waals surface area contributed by atoms with Crippen molar-refractivity contribution in [1.29, 1.82) is 0 Å². The highest BCUT2D eigenvalue weighted by molar-refractivity contribution is 5.69. The molecule has 3 N–H and O–H groups in total. The number of nitrogens with zero attached hydrogens (tertiary/aromatic N) is 1. The van der Waals surface area contributed by atoms with Crippen molar-refractivity contribution in [1.82, 2.24) is 9.97 Å². The first-order valence-electron chi connectivity index (χ1n) is 9.69. The van der Waals surface area contributed by atoms with Gasteiger partial charge in [0.25, 0.3) is 5.56 Å². The van der Waals surface area contributed by atoms with E-state index in [1.165, 1.54) is 0 Å². The molecule has 0 radical (unpaired) electrons. The fourth-order valence-corrected chi connectivity index (χ4v) is 3.16. The van der Waals surface area contributed by atoms with E-state index in [9.17, 15) is 33.7 Å². The highest BCUT2D eigenvalue weighted by Crippen LogP contribution is 2.30. The summed E-state index contributed by atoms with van der Waals surface area (Å²) in [6.45, 7) is 3.73. The first-order chi connectivity index (χ1) is 15.9. The van der Waals surface area contributed by atoms with Crippen LogP contribution in [0.1, 0.15) is 27.7 Å². The van der Waals surface area contributed by atoms with Crippen LogP contribution in [-0.4, -0.2) is 71.1 Å². The minimum atomic E-state index is -1.54. The molecule has 1 aromatic rings. The summed E-state index contributed by atoms with van der Waals surface area (Å²) in [4.78, 5) is 85.3. The summed E-state index contributed by atoms with van der Waals surface area (Å²) in [6, 6.07) is 0. The van der Waals surface area contributed by atoms with Gasteiger partial charge in [-0.3, -0.25) is 33.9 Å². The molecule has 0 bridgehead atoms. The molecular formula is C18H22N4O12. The molecular weight excluding hydrogens is 464 g/mol. The van der Waals surface area contributed by atoms with E-state index < -0.39 is 83.9 Å². The van der Waals surface area contributed by atoms with Crippen LogP contribution in [0.15, 0.2) is 14.8 Å². The number of ether oxygens (including phenoxy) is 5. The zero-order valence-corrected chi connectivity index (χ0v) is 18.4. The van der Waals surface area contributed by atoms with Gasteiger partial charge in [-0.2, -0.15) is 0 Å². The summed E-state index contributed by atoms with van der Waals surface area (Å²) in [5.74, 6) is -3.77. The predicted molar refractivity (Wildman–Crippen MR) is 109 cm³/mol. The van der Waals surface area contributed by atoms with Crippen molar-refractivity contribution in [2.75, 3.05) is 11.9 Å². The van der Waals surface area contributed by atoms with E-state index in [4.69, 9.17) is 23.7 Å². The Hall–Kier alpha value is -4.08. The van der Waals surface area contributed by atoms with E-state index in [-0.39, 0.29) is 0 Å². The molecule has 16 nitrogen and oxygen atoms in total. The maximum absolute atomic E-state index is 11.9. The van der Waals surface area contributed by atoms with Crippen LogP contribution < -0.4 is 16.6 Å². The molecule has 186 valence electrons. The van der Waals surface area contributed by atoms with Crippen molar-refractivity contribution in [3.63, 3.8) is 0 Å². The van der Waals surface area contributed by atoms with Gasteiger partial charge in [0.05, 0.1) is 0 Å². The molecule has 2 rings (SSSR count). The zero-order valence-electron chi connectivity index (χ0n) is 18.4. The molecule has 1 fully saturated rings. The van der Waals surface area contributed by atoms with Gasteiger partial charge >= 0.3 is 29.6 Å². The normalized spacial score (nSPS) is 23.8. The van der Waals surface area contributed by atoms with E-state index in [0.717, 1.165) is 27.7 Å². The molecule has 1 aromatic heterocycles. The van der Waals surface area contributed by atoms with Gasteiger partial charge in [0.15, 0.2) is 24.5 Å². The number of esters is 4. The Labute approximate surface area is 190 Å². The molecule has 16 heteroatoms. The number of hydrogen-bond donors (Lipinski definition) is 3. The lowest BCUT2D eigenvalue weighted by atomic mass is 9.97. The number of rotatable bonds is 8. The largest absolute Gasteiger partial charge is 0.463 e. The minimum Gasteiger partial charge on any atom is -0.463 e. The van der Waals surface area contributed by atoms with Gasteiger partial charge in [0.1, 0.15) is 18.5 Å². The van der Waals surface area contributed by atoms with Crippen LogP contribution in [0.25, 0.3) is 0 Å². The topological polar surface area (TPSA) is 222 Å². The summed E-state index contributed by atoms with van der Waals surface area (Å²) in [5.41, 5.74) is -2.91. The molecule has 0 aromatic carbocycles. The predicted octanol–water partition coefficient (Wildman–Crippen LogP) is -1.04. The molecule has 5 atom stereocenters. The number of aromatic nitrogens is 2. The highest BCUT2D eigenvalue weighted by atomic mass is 16.7. The Kier molecular flexibility index (Phi) is 8.60. The second-order valence-corrected chi connectivity index (χ2v) is 6.99. The van der Waals surface area contributed by atoms with E-state index in [0.29, 0.717) is 0 Å². The van der Waals surface area contributed by atoms with Crippen LogP contribution >= 0.6 is 0 Å². The lowest BCUT2D eigenvalue weighted by Crippen LogP contribution is -2.64. The van der Waals surface area contributed by atoms with Crippen molar-refractivity contribution in [3.8, 4) is 0 Å².